The van der Waals surface area contributed by atoms with Gasteiger partial charge in [-0.05, 0) is 106 Å². The molecule has 2 N–H and O–H groups in total. The average molecular weight is 679 g/mol. The first-order chi connectivity index (χ1) is 21.2. The van der Waals surface area contributed by atoms with Gasteiger partial charge in [0, 0.05) is 38.5 Å². The molecule has 0 aromatic carbocycles. The molecule has 0 heterocycles. The Morgan fingerprint density at radius 3 is 1.39 bits per heavy atom. The SMILES string of the molecule is CCSC(=O)OCOC(=O)CN(CCCN(CCCCN(CCCN)C(=O)OC(C)(C)C)C(=O)OC(C)(C)C)C(=O)OC(C)(C)C. The number of rotatable bonds is 17. The third-order valence-corrected chi connectivity index (χ3v) is 6.17. The second kappa shape index (κ2) is 21.0. The summed E-state index contributed by atoms with van der Waals surface area (Å²) in [6, 6.07) is 0. The van der Waals surface area contributed by atoms with E-state index in [1.165, 1.54) is 4.90 Å². The minimum absolute atomic E-state index is 0.0697. The molecular weight excluding hydrogens is 620 g/mol. The van der Waals surface area contributed by atoms with E-state index < -0.39 is 59.7 Å². The smallest absolute Gasteiger partial charge is 0.410 e. The Morgan fingerprint density at radius 1 is 0.587 bits per heavy atom. The molecule has 0 aliphatic heterocycles. The molecule has 0 unspecified atom stereocenters. The van der Waals surface area contributed by atoms with Crippen LogP contribution in [0.15, 0.2) is 0 Å². The third kappa shape index (κ3) is 22.5. The third-order valence-electron chi connectivity index (χ3n) is 5.53. The van der Waals surface area contributed by atoms with Crippen LogP contribution in [0.1, 0.15) is 94.9 Å². The number of carbonyl (C=O) groups is 5. The molecule has 0 aliphatic rings. The molecule has 268 valence electrons. The van der Waals surface area contributed by atoms with Crippen LogP contribution < -0.4 is 5.73 Å². The minimum Gasteiger partial charge on any atom is -0.444 e. The monoisotopic (exact) mass is 678 g/mol. The molecule has 46 heavy (non-hydrogen) atoms. The Balaban J connectivity index is 5.42. The van der Waals surface area contributed by atoms with Crippen molar-refractivity contribution in [1.29, 1.82) is 0 Å². The molecule has 0 spiro atoms. The molecular formula is C31H58N4O10S. The van der Waals surface area contributed by atoms with Crippen LogP contribution in [0.25, 0.3) is 0 Å². The maximum Gasteiger partial charge on any atom is 0.410 e. The van der Waals surface area contributed by atoms with Crippen LogP contribution in [0.3, 0.4) is 0 Å². The summed E-state index contributed by atoms with van der Waals surface area (Å²) in [5.41, 5.74) is 3.49. The van der Waals surface area contributed by atoms with E-state index >= 15 is 0 Å². The number of carbonyl (C=O) groups excluding carboxylic acids is 5. The Kier molecular flexibility index (Phi) is 19.7. The zero-order valence-electron chi connectivity index (χ0n) is 29.6. The Hall–Kier alpha value is -2.94. The van der Waals surface area contributed by atoms with Gasteiger partial charge in [-0.15, -0.1) is 0 Å². The molecule has 0 bridgehead atoms. The highest BCUT2D eigenvalue weighted by Gasteiger charge is 2.27. The molecule has 14 nitrogen and oxygen atoms in total. The Labute approximate surface area is 279 Å². The fourth-order valence-corrected chi connectivity index (χ4v) is 4.01. The molecule has 0 fully saturated rings. The van der Waals surface area contributed by atoms with E-state index in [9.17, 15) is 24.0 Å². The molecule has 3 amide bonds. The topological polar surface area (TPSA) is 167 Å². The van der Waals surface area contributed by atoms with Gasteiger partial charge in [0.15, 0.2) is 0 Å². The summed E-state index contributed by atoms with van der Waals surface area (Å²) in [4.78, 5) is 66.9. The van der Waals surface area contributed by atoms with E-state index in [2.05, 4.69) is 0 Å². The van der Waals surface area contributed by atoms with Crippen LogP contribution in [0.5, 0.6) is 0 Å². The molecule has 0 rings (SSSR count). The maximum absolute atomic E-state index is 13.1. The molecule has 0 saturated carbocycles. The standard InChI is InChI=1S/C31H58N4O10S/c1-11-46-28(40)42-23-41-24(36)22-35(27(39)45-31(8,9)10)21-15-20-34(26(38)44-30(5,6)7)18-13-12-17-33(19-14-16-32)25(37)43-29(2,3)4/h11-23,32H2,1-10H3. The van der Waals surface area contributed by atoms with E-state index in [0.717, 1.165) is 11.8 Å². The number of esters is 1. The number of unbranched alkanes of at least 4 members (excludes halogenated alkanes) is 1. The number of nitrogens with two attached hydrogens (primary N) is 1. The van der Waals surface area contributed by atoms with Crippen molar-refractivity contribution in [3.05, 3.63) is 0 Å². The van der Waals surface area contributed by atoms with Crippen molar-refractivity contribution in [3.63, 3.8) is 0 Å². The molecule has 0 radical (unpaired) electrons. The van der Waals surface area contributed by atoms with Crippen LogP contribution in [-0.4, -0.2) is 119 Å². The van der Waals surface area contributed by atoms with Crippen molar-refractivity contribution < 1.29 is 47.7 Å². The molecule has 15 heteroatoms. The molecule has 0 aromatic heterocycles. The van der Waals surface area contributed by atoms with Crippen LogP contribution in [0.2, 0.25) is 0 Å². The molecule has 0 saturated heterocycles. The van der Waals surface area contributed by atoms with Crippen molar-refractivity contribution in [2.75, 3.05) is 58.4 Å². The van der Waals surface area contributed by atoms with E-state index in [4.69, 9.17) is 29.4 Å². The lowest BCUT2D eigenvalue weighted by Gasteiger charge is -2.30. The van der Waals surface area contributed by atoms with Gasteiger partial charge >= 0.3 is 29.6 Å². The van der Waals surface area contributed by atoms with Crippen LogP contribution in [0.4, 0.5) is 19.2 Å². The highest BCUT2D eigenvalue weighted by Crippen LogP contribution is 2.15. The predicted molar refractivity (Wildman–Crippen MR) is 177 cm³/mol. The fourth-order valence-electron chi connectivity index (χ4n) is 3.65. The van der Waals surface area contributed by atoms with E-state index in [-0.39, 0.29) is 13.1 Å². The van der Waals surface area contributed by atoms with Crippen LogP contribution in [-0.2, 0) is 28.5 Å². The highest BCUT2D eigenvalue weighted by molar-refractivity contribution is 8.13. The molecule has 0 aliphatic carbocycles. The first-order valence-corrected chi connectivity index (χ1v) is 16.7. The van der Waals surface area contributed by atoms with Crippen molar-refractivity contribution in [1.82, 2.24) is 14.7 Å². The highest BCUT2D eigenvalue weighted by atomic mass is 32.2. The number of amides is 3. The van der Waals surface area contributed by atoms with E-state index in [1.54, 1.807) is 58.3 Å². The summed E-state index contributed by atoms with van der Waals surface area (Å²) in [5.74, 6) is -0.271. The number of hydrogen-bond donors (Lipinski definition) is 1. The number of thioether (sulfide) groups is 1. The van der Waals surface area contributed by atoms with Gasteiger partial charge in [0.2, 0.25) is 6.79 Å². The van der Waals surface area contributed by atoms with Crippen LogP contribution in [0, 0.1) is 0 Å². The summed E-state index contributed by atoms with van der Waals surface area (Å²) in [6.07, 6.45) is 0.436. The first kappa shape index (κ1) is 43.1. The summed E-state index contributed by atoms with van der Waals surface area (Å²) < 4.78 is 26.4. The Bertz CT molecular complexity index is 960. The van der Waals surface area contributed by atoms with Gasteiger partial charge in [-0.25, -0.2) is 19.2 Å². The van der Waals surface area contributed by atoms with Crippen LogP contribution >= 0.6 is 11.8 Å². The quantitative estimate of drug-likeness (QED) is 0.0876. The minimum atomic E-state index is -0.813. The van der Waals surface area contributed by atoms with Gasteiger partial charge in [-0.2, -0.15) is 0 Å². The lowest BCUT2D eigenvalue weighted by atomic mass is 10.2. The molecule has 0 aromatic rings. The number of ether oxygens (including phenoxy) is 5. The van der Waals surface area contributed by atoms with Gasteiger partial charge in [0.1, 0.15) is 23.3 Å². The zero-order valence-corrected chi connectivity index (χ0v) is 30.4. The van der Waals surface area contributed by atoms with Gasteiger partial charge in [-0.1, -0.05) is 6.92 Å². The summed E-state index contributed by atoms with van der Waals surface area (Å²) in [5, 5.41) is -0.574. The molecule has 0 atom stereocenters. The van der Waals surface area contributed by atoms with Gasteiger partial charge in [-0.3, -0.25) is 9.69 Å². The van der Waals surface area contributed by atoms with Crippen molar-refractivity contribution in [3.8, 4) is 0 Å². The predicted octanol–water partition coefficient (Wildman–Crippen LogP) is 5.61. The van der Waals surface area contributed by atoms with Crippen molar-refractivity contribution in [2.45, 2.75) is 112 Å². The fraction of sp³-hybridized carbons (Fsp3) is 0.839. The normalized spacial score (nSPS) is 11.7. The lowest BCUT2D eigenvalue weighted by Crippen LogP contribution is -2.43. The number of hydrogen-bond acceptors (Lipinski definition) is 12. The van der Waals surface area contributed by atoms with Crippen molar-refractivity contribution >= 4 is 41.3 Å². The summed E-state index contributed by atoms with van der Waals surface area (Å²) in [6.45, 7) is 18.6. The first-order valence-electron chi connectivity index (χ1n) is 15.8. The van der Waals surface area contributed by atoms with Crippen molar-refractivity contribution in [2.24, 2.45) is 5.73 Å². The second-order valence-corrected chi connectivity index (χ2v) is 14.7. The van der Waals surface area contributed by atoms with E-state index in [0.29, 0.717) is 57.6 Å². The number of nitrogens with zero attached hydrogens (tertiary/aromatic N) is 3. The van der Waals surface area contributed by atoms with Gasteiger partial charge in [0.05, 0.1) is 0 Å². The second-order valence-electron chi connectivity index (χ2n) is 13.5. The summed E-state index contributed by atoms with van der Waals surface area (Å²) in [7, 11) is 0. The van der Waals surface area contributed by atoms with Gasteiger partial charge in [0.25, 0.3) is 0 Å². The maximum atomic E-state index is 13.1. The Morgan fingerprint density at radius 2 is 0.978 bits per heavy atom. The summed E-state index contributed by atoms with van der Waals surface area (Å²) >= 11 is 0.935. The lowest BCUT2D eigenvalue weighted by molar-refractivity contribution is -0.152. The largest absolute Gasteiger partial charge is 0.444 e. The van der Waals surface area contributed by atoms with Gasteiger partial charge < -0.3 is 39.2 Å². The van der Waals surface area contributed by atoms with E-state index in [1.807, 2.05) is 20.8 Å². The zero-order chi connectivity index (χ0) is 35.6. The average Bonchev–Trinajstić information content (AvgIpc) is 2.88.